The lowest BCUT2D eigenvalue weighted by molar-refractivity contribution is 0.597. The first kappa shape index (κ1) is 16.5. The van der Waals surface area contributed by atoms with E-state index >= 15 is 0 Å². The molecular weight excluding hydrogens is 376 g/mol. The Hall–Kier alpha value is -0.920. The molecule has 0 aliphatic rings. The molecule has 0 fully saturated rings. The summed E-state index contributed by atoms with van der Waals surface area (Å²) in [6.07, 6.45) is 0. The van der Waals surface area contributed by atoms with Crippen molar-refractivity contribution < 1.29 is 8.42 Å². The second-order valence-electron chi connectivity index (χ2n) is 4.53. The first-order valence-corrected chi connectivity index (χ1v) is 8.84. The van der Waals surface area contributed by atoms with Crippen LogP contribution in [0.1, 0.15) is 11.1 Å². The van der Waals surface area contributed by atoms with Gasteiger partial charge in [-0.15, -0.1) is 0 Å². The summed E-state index contributed by atoms with van der Waals surface area (Å²) in [5.74, 6) is 0. The maximum Gasteiger partial charge on any atom is 0.238 e. The molecule has 0 aliphatic carbocycles. The number of primary sulfonamides is 1. The summed E-state index contributed by atoms with van der Waals surface area (Å²) in [5.41, 5.74) is 1.96. The van der Waals surface area contributed by atoms with Gasteiger partial charge in [-0.25, -0.2) is 13.6 Å². The minimum Gasteiger partial charge on any atom is -0.309 e. The van der Waals surface area contributed by atoms with Crippen LogP contribution in [0.25, 0.3) is 0 Å². The molecule has 0 heterocycles. The van der Waals surface area contributed by atoms with Gasteiger partial charge >= 0.3 is 0 Å². The van der Waals surface area contributed by atoms with Crippen LogP contribution >= 0.6 is 27.5 Å². The highest BCUT2D eigenvalue weighted by molar-refractivity contribution is 9.10. The van der Waals surface area contributed by atoms with Crippen molar-refractivity contribution in [2.24, 2.45) is 5.14 Å². The van der Waals surface area contributed by atoms with E-state index < -0.39 is 10.0 Å². The summed E-state index contributed by atoms with van der Waals surface area (Å²) in [6.45, 7) is 1.23. The molecule has 0 bridgehead atoms. The number of sulfonamides is 1. The van der Waals surface area contributed by atoms with E-state index in [1.54, 1.807) is 12.1 Å². The Morgan fingerprint density at radius 3 is 2.38 bits per heavy atom. The van der Waals surface area contributed by atoms with Crippen molar-refractivity contribution in [3.05, 3.63) is 63.1 Å². The fourth-order valence-electron chi connectivity index (χ4n) is 1.82. The van der Waals surface area contributed by atoms with Crippen LogP contribution in [-0.4, -0.2) is 8.42 Å². The van der Waals surface area contributed by atoms with Crippen LogP contribution in [0.5, 0.6) is 0 Å². The lowest BCUT2D eigenvalue weighted by Gasteiger charge is -2.08. The number of hydrogen-bond acceptors (Lipinski definition) is 3. The van der Waals surface area contributed by atoms with Crippen molar-refractivity contribution in [3.63, 3.8) is 0 Å². The second kappa shape index (κ2) is 6.89. The Morgan fingerprint density at radius 1 is 1.10 bits per heavy atom. The fourth-order valence-corrected chi connectivity index (χ4v) is 2.93. The molecule has 2 aromatic carbocycles. The Kier molecular flexibility index (Phi) is 5.40. The lowest BCUT2D eigenvalue weighted by Crippen LogP contribution is -2.14. The molecule has 0 radical (unpaired) electrons. The summed E-state index contributed by atoms with van der Waals surface area (Å²) in [7, 11) is -3.64. The number of halogens is 2. The molecular formula is C14H14BrClN2O2S. The van der Waals surface area contributed by atoms with Gasteiger partial charge in [0.05, 0.1) is 4.90 Å². The third-order valence-corrected chi connectivity index (χ3v) is 4.70. The van der Waals surface area contributed by atoms with Gasteiger partial charge in [0.25, 0.3) is 0 Å². The molecule has 2 aromatic rings. The van der Waals surface area contributed by atoms with Crippen molar-refractivity contribution in [2.45, 2.75) is 18.0 Å². The standard InChI is InChI=1S/C14H14BrClN2O2S/c15-12-3-6-14(16)11(7-12)9-18-8-10-1-4-13(5-2-10)21(17,19)20/h1-7,18H,8-9H2,(H2,17,19,20). The maximum absolute atomic E-state index is 11.2. The lowest BCUT2D eigenvalue weighted by atomic mass is 10.2. The first-order chi connectivity index (χ1) is 9.86. The van der Waals surface area contributed by atoms with Gasteiger partial charge in [0.2, 0.25) is 10.0 Å². The van der Waals surface area contributed by atoms with E-state index in [-0.39, 0.29) is 4.90 Å². The molecule has 0 atom stereocenters. The van der Waals surface area contributed by atoms with Crippen LogP contribution in [0.15, 0.2) is 51.8 Å². The Bertz CT molecular complexity index is 733. The maximum atomic E-state index is 11.2. The Morgan fingerprint density at radius 2 is 1.76 bits per heavy atom. The second-order valence-corrected chi connectivity index (χ2v) is 7.41. The zero-order chi connectivity index (χ0) is 15.5. The van der Waals surface area contributed by atoms with Crippen LogP contribution in [0.4, 0.5) is 0 Å². The Labute approximate surface area is 137 Å². The quantitative estimate of drug-likeness (QED) is 0.825. The van der Waals surface area contributed by atoms with Crippen molar-refractivity contribution in [1.82, 2.24) is 5.32 Å². The summed E-state index contributed by atoms with van der Waals surface area (Å²) in [6, 6.07) is 12.1. The summed E-state index contributed by atoms with van der Waals surface area (Å²) in [5, 5.41) is 9.01. The Balaban J connectivity index is 1.96. The highest BCUT2D eigenvalue weighted by Gasteiger charge is 2.06. The summed E-state index contributed by atoms with van der Waals surface area (Å²) < 4.78 is 23.3. The van der Waals surface area contributed by atoms with E-state index in [0.717, 1.165) is 15.6 Å². The van der Waals surface area contributed by atoms with Crippen LogP contribution in [0.2, 0.25) is 5.02 Å². The van der Waals surface area contributed by atoms with Gasteiger partial charge in [-0.1, -0.05) is 39.7 Å². The SMILES string of the molecule is NS(=O)(=O)c1ccc(CNCc2cc(Br)ccc2Cl)cc1. The van der Waals surface area contributed by atoms with Gasteiger partial charge in [-0.05, 0) is 41.5 Å². The molecule has 0 aromatic heterocycles. The number of nitrogens with two attached hydrogens (primary N) is 1. The van der Waals surface area contributed by atoms with E-state index in [1.807, 2.05) is 18.2 Å². The fraction of sp³-hybridized carbons (Fsp3) is 0.143. The molecule has 0 saturated carbocycles. The minimum absolute atomic E-state index is 0.112. The zero-order valence-electron chi connectivity index (χ0n) is 11.0. The first-order valence-electron chi connectivity index (χ1n) is 6.12. The van der Waals surface area contributed by atoms with Crippen LogP contribution in [0, 0.1) is 0 Å². The van der Waals surface area contributed by atoms with E-state index in [2.05, 4.69) is 21.2 Å². The molecule has 4 nitrogen and oxygen atoms in total. The highest BCUT2D eigenvalue weighted by atomic mass is 79.9. The predicted octanol–water partition coefficient (Wildman–Crippen LogP) is 3.04. The third kappa shape index (κ3) is 4.79. The van der Waals surface area contributed by atoms with Gasteiger partial charge in [-0.3, -0.25) is 0 Å². The van der Waals surface area contributed by atoms with Gasteiger partial charge in [0, 0.05) is 22.6 Å². The zero-order valence-corrected chi connectivity index (χ0v) is 14.2. The topological polar surface area (TPSA) is 72.2 Å². The molecule has 3 N–H and O–H groups in total. The smallest absolute Gasteiger partial charge is 0.238 e. The number of nitrogens with one attached hydrogen (secondary N) is 1. The number of hydrogen-bond donors (Lipinski definition) is 2. The molecule has 7 heteroatoms. The van der Waals surface area contributed by atoms with E-state index in [0.29, 0.717) is 18.1 Å². The van der Waals surface area contributed by atoms with Crippen LogP contribution < -0.4 is 10.5 Å². The van der Waals surface area contributed by atoms with E-state index in [9.17, 15) is 8.42 Å². The van der Waals surface area contributed by atoms with Crippen LogP contribution in [0.3, 0.4) is 0 Å². The minimum atomic E-state index is -3.64. The van der Waals surface area contributed by atoms with Crippen molar-refractivity contribution in [3.8, 4) is 0 Å². The summed E-state index contributed by atoms with van der Waals surface area (Å²) in [4.78, 5) is 0.112. The average Bonchev–Trinajstić information content (AvgIpc) is 2.42. The predicted molar refractivity (Wildman–Crippen MR) is 87.5 cm³/mol. The molecule has 0 spiro atoms. The molecule has 0 saturated heterocycles. The van der Waals surface area contributed by atoms with Gasteiger partial charge in [0.15, 0.2) is 0 Å². The van der Waals surface area contributed by atoms with E-state index in [4.69, 9.17) is 16.7 Å². The largest absolute Gasteiger partial charge is 0.309 e. The van der Waals surface area contributed by atoms with Gasteiger partial charge in [-0.2, -0.15) is 0 Å². The summed E-state index contributed by atoms with van der Waals surface area (Å²) >= 11 is 9.51. The number of benzene rings is 2. The average molecular weight is 390 g/mol. The number of rotatable bonds is 5. The van der Waals surface area contributed by atoms with Gasteiger partial charge < -0.3 is 5.32 Å². The molecule has 0 unspecified atom stereocenters. The highest BCUT2D eigenvalue weighted by Crippen LogP contribution is 2.20. The van der Waals surface area contributed by atoms with Crippen molar-refractivity contribution in [1.29, 1.82) is 0 Å². The molecule has 2 rings (SSSR count). The molecule has 0 amide bonds. The monoisotopic (exact) mass is 388 g/mol. The third-order valence-electron chi connectivity index (χ3n) is 2.90. The van der Waals surface area contributed by atoms with Crippen LogP contribution in [-0.2, 0) is 23.1 Å². The molecule has 0 aliphatic heterocycles. The molecule has 21 heavy (non-hydrogen) atoms. The van der Waals surface area contributed by atoms with Crippen molar-refractivity contribution >= 4 is 37.6 Å². The normalized spacial score (nSPS) is 11.6. The van der Waals surface area contributed by atoms with Gasteiger partial charge in [0.1, 0.15) is 0 Å². The van der Waals surface area contributed by atoms with Crippen molar-refractivity contribution in [2.75, 3.05) is 0 Å². The molecule has 112 valence electrons. The van der Waals surface area contributed by atoms with E-state index in [1.165, 1.54) is 12.1 Å².